The summed E-state index contributed by atoms with van der Waals surface area (Å²) >= 11 is 9.11. The van der Waals surface area contributed by atoms with Gasteiger partial charge in [-0.2, -0.15) is 0 Å². The molecular weight excluding hydrogens is 321 g/mol. The Hall–Kier alpha value is -1.20. The lowest BCUT2D eigenvalue weighted by atomic mass is 10.2. The molecule has 0 aliphatic carbocycles. The van der Waals surface area contributed by atoms with Gasteiger partial charge in [0.2, 0.25) is 0 Å². The molecule has 0 aliphatic rings. The monoisotopic (exact) mass is 329 g/mol. The highest BCUT2D eigenvalue weighted by molar-refractivity contribution is 9.10. The second-order valence-corrected chi connectivity index (χ2v) is 4.98. The average molecular weight is 331 g/mol. The second-order valence-electron chi connectivity index (χ2n) is 3.76. The van der Waals surface area contributed by atoms with Crippen LogP contribution in [0.15, 0.2) is 35.1 Å². The number of hydrogen-bond acceptors (Lipinski definition) is 3. The smallest absolute Gasteiger partial charge is 0.143 e. The lowest BCUT2D eigenvalue weighted by Crippen LogP contribution is -2.08. The topological polar surface area (TPSA) is 37.8 Å². The summed E-state index contributed by atoms with van der Waals surface area (Å²) in [5.41, 5.74) is 1.56. The van der Waals surface area contributed by atoms with Gasteiger partial charge in [-0.1, -0.05) is 11.6 Å². The normalized spacial score (nSPS) is 12.2. The summed E-state index contributed by atoms with van der Waals surface area (Å²) in [6, 6.07) is 4.80. The summed E-state index contributed by atoms with van der Waals surface area (Å²) in [7, 11) is 0. The predicted molar refractivity (Wildman–Crippen MR) is 73.2 cm³/mol. The second kappa shape index (κ2) is 5.63. The molecule has 0 aliphatic heterocycles. The molecule has 0 bridgehead atoms. The Balaban J connectivity index is 2.13. The lowest BCUT2D eigenvalue weighted by Gasteiger charge is -2.14. The fraction of sp³-hybridized carbons (Fsp3) is 0.167. The van der Waals surface area contributed by atoms with Gasteiger partial charge in [0.15, 0.2) is 0 Å². The minimum absolute atomic E-state index is 0.0551. The van der Waals surface area contributed by atoms with Crippen LogP contribution in [0, 0.1) is 5.82 Å². The standard InChI is InChI=1S/C12H10BrClFN3/c1-7(11-3-2-8(15)5-16-11)18-9-4-10(13)12(14)17-6-9/h2-7,18H,1H3. The number of nitrogens with one attached hydrogen (secondary N) is 1. The maximum absolute atomic E-state index is 12.8. The highest BCUT2D eigenvalue weighted by Crippen LogP contribution is 2.25. The Morgan fingerprint density at radius 3 is 2.72 bits per heavy atom. The van der Waals surface area contributed by atoms with Crippen LogP contribution < -0.4 is 5.32 Å². The summed E-state index contributed by atoms with van der Waals surface area (Å²) in [6.45, 7) is 1.93. The number of pyridine rings is 2. The molecule has 1 unspecified atom stereocenters. The maximum Gasteiger partial charge on any atom is 0.143 e. The van der Waals surface area contributed by atoms with Gasteiger partial charge in [-0.3, -0.25) is 4.98 Å². The van der Waals surface area contributed by atoms with Gasteiger partial charge in [-0.05, 0) is 41.1 Å². The average Bonchev–Trinajstić information content (AvgIpc) is 2.34. The van der Waals surface area contributed by atoms with Gasteiger partial charge >= 0.3 is 0 Å². The number of aromatic nitrogens is 2. The van der Waals surface area contributed by atoms with Gasteiger partial charge in [0.1, 0.15) is 11.0 Å². The predicted octanol–water partition coefficient (Wildman–Crippen LogP) is 4.20. The van der Waals surface area contributed by atoms with Gasteiger partial charge in [-0.15, -0.1) is 0 Å². The largest absolute Gasteiger partial charge is 0.376 e. The van der Waals surface area contributed by atoms with E-state index in [0.717, 1.165) is 11.4 Å². The van der Waals surface area contributed by atoms with Crippen LogP contribution in [0.2, 0.25) is 5.15 Å². The summed E-state index contributed by atoms with van der Waals surface area (Å²) < 4.78 is 13.5. The van der Waals surface area contributed by atoms with Crippen LogP contribution in [0.25, 0.3) is 0 Å². The van der Waals surface area contributed by atoms with Gasteiger partial charge in [0.25, 0.3) is 0 Å². The SMILES string of the molecule is CC(Nc1cnc(Cl)c(Br)c1)c1ccc(F)cn1. The zero-order chi connectivity index (χ0) is 13.1. The van der Waals surface area contributed by atoms with E-state index in [1.54, 1.807) is 12.3 Å². The summed E-state index contributed by atoms with van der Waals surface area (Å²) in [6.07, 6.45) is 2.83. The molecule has 0 aromatic carbocycles. The summed E-state index contributed by atoms with van der Waals surface area (Å²) in [5.74, 6) is -0.346. The maximum atomic E-state index is 12.8. The molecule has 3 nitrogen and oxygen atoms in total. The first kappa shape index (κ1) is 13.2. The molecule has 0 fully saturated rings. The highest BCUT2D eigenvalue weighted by Gasteiger charge is 2.08. The molecule has 2 heterocycles. The van der Waals surface area contributed by atoms with Crippen molar-refractivity contribution in [2.75, 3.05) is 5.32 Å². The van der Waals surface area contributed by atoms with Crippen molar-refractivity contribution >= 4 is 33.2 Å². The van der Waals surface area contributed by atoms with Crippen molar-refractivity contribution in [2.45, 2.75) is 13.0 Å². The molecule has 0 spiro atoms. The first-order valence-electron chi connectivity index (χ1n) is 5.25. The minimum Gasteiger partial charge on any atom is -0.376 e. The van der Waals surface area contributed by atoms with Crippen molar-refractivity contribution in [1.82, 2.24) is 9.97 Å². The Labute approximate surface area is 118 Å². The third kappa shape index (κ3) is 3.17. The van der Waals surface area contributed by atoms with E-state index in [1.807, 2.05) is 13.0 Å². The first-order chi connectivity index (χ1) is 8.56. The van der Waals surface area contributed by atoms with E-state index in [9.17, 15) is 4.39 Å². The first-order valence-corrected chi connectivity index (χ1v) is 6.42. The number of halogens is 3. The highest BCUT2D eigenvalue weighted by atomic mass is 79.9. The van der Waals surface area contributed by atoms with Crippen molar-refractivity contribution in [2.24, 2.45) is 0 Å². The van der Waals surface area contributed by atoms with Crippen molar-refractivity contribution in [1.29, 1.82) is 0 Å². The van der Waals surface area contributed by atoms with Crippen LogP contribution in [0.4, 0.5) is 10.1 Å². The third-order valence-corrected chi connectivity index (χ3v) is 3.51. The van der Waals surface area contributed by atoms with Gasteiger partial charge < -0.3 is 5.32 Å². The van der Waals surface area contributed by atoms with E-state index in [2.05, 4.69) is 31.2 Å². The van der Waals surface area contributed by atoms with Gasteiger partial charge in [0, 0.05) is 0 Å². The van der Waals surface area contributed by atoms with Crippen molar-refractivity contribution in [3.63, 3.8) is 0 Å². The van der Waals surface area contributed by atoms with Crippen LogP contribution in [0.1, 0.15) is 18.7 Å². The molecule has 0 saturated heterocycles. The molecule has 0 radical (unpaired) electrons. The zero-order valence-electron chi connectivity index (χ0n) is 9.49. The van der Waals surface area contributed by atoms with Gasteiger partial charge in [0.05, 0.1) is 34.3 Å². The minimum atomic E-state index is -0.346. The molecule has 0 amide bonds. The molecule has 2 rings (SSSR count). The molecule has 6 heteroatoms. The molecule has 2 aromatic heterocycles. The van der Waals surface area contributed by atoms with Crippen molar-refractivity contribution < 1.29 is 4.39 Å². The van der Waals surface area contributed by atoms with Crippen LogP contribution in [0.5, 0.6) is 0 Å². The van der Waals surface area contributed by atoms with Gasteiger partial charge in [-0.25, -0.2) is 9.37 Å². The van der Waals surface area contributed by atoms with Crippen LogP contribution in [-0.2, 0) is 0 Å². The molecule has 1 N–H and O–H groups in total. The zero-order valence-corrected chi connectivity index (χ0v) is 11.8. The van der Waals surface area contributed by atoms with E-state index < -0.39 is 0 Å². The van der Waals surface area contributed by atoms with Crippen LogP contribution >= 0.6 is 27.5 Å². The Bertz CT molecular complexity index is 548. The number of hydrogen-bond donors (Lipinski definition) is 1. The molecule has 0 saturated carbocycles. The molecular formula is C12H10BrClFN3. The fourth-order valence-corrected chi connectivity index (χ4v) is 1.92. The quantitative estimate of drug-likeness (QED) is 0.857. The number of rotatable bonds is 3. The number of anilines is 1. The van der Waals surface area contributed by atoms with Crippen molar-refractivity contribution in [3.05, 3.63) is 51.7 Å². The summed E-state index contributed by atoms with van der Waals surface area (Å²) in [5, 5.41) is 3.62. The molecule has 2 aromatic rings. The Morgan fingerprint density at radius 2 is 2.11 bits per heavy atom. The molecule has 1 atom stereocenters. The van der Waals surface area contributed by atoms with Crippen LogP contribution in [0.3, 0.4) is 0 Å². The fourth-order valence-electron chi connectivity index (χ4n) is 1.47. The van der Waals surface area contributed by atoms with E-state index in [-0.39, 0.29) is 11.9 Å². The van der Waals surface area contributed by atoms with E-state index in [1.165, 1.54) is 12.3 Å². The lowest BCUT2D eigenvalue weighted by molar-refractivity contribution is 0.617. The molecule has 94 valence electrons. The van der Waals surface area contributed by atoms with Crippen molar-refractivity contribution in [3.8, 4) is 0 Å². The molecule has 18 heavy (non-hydrogen) atoms. The third-order valence-electron chi connectivity index (χ3n) is 2.37. The van der Waals surface area contributed by atoms with E-state index >= 15 is 0 Å². The Morgan fingerprint density at radius 1 is 1.33 bits per heavy atom. The van der Waals surface area contributed by atoms with E-state index in [0.29, 0.717) is 9.63 Å². The Kier molecular flexibility index (Phi) is 4.14. The number of nitrogens with zero attached hydrogens (tertiary/aromatic N) is 2. The summed E-state index contributed by atoms with van der Waals surface area (Å²) in [4.78, 5) is 8.03. The van der Waals surface area contributed by atoms with E-state index in [4.69, 9.17) is 11.6 Å². The van der Waals surface area contributed by atoms with Crippen LogP contribution in [-0.4, -0.2) is 9.97 Å².